The topological polar surface area (TPSA) is 29.5 Å². The van der Waals surface area contributed by atoms with E-state index in [9.17, 15) is 4.79 Å². The Balaban J connectivity index is 1.58. The van der Waals surface area contributed by atoms with E-state index in [1.54, 1.807) is 4.90 Å². The van der Waals surface area contributed by atoms with Crippen molar-refractivity contribution in [2.24, 2.45) is 0 Å². The summed E-state index contributed by atoms with van der Waals surface area (Å²) in [6, 6.07) is 24.7. The number of halogens is 1. The predicted octanol–water partition coefficient (Wildman–Crippen LogP) is 6.65. The molecule has 0 bridgehead atoms. The van der Waals surface area contributed by atoms with Gasteiger partial charge in [-0.2, -0.15) is 0 Å². The number of ether oxygens (including phenoxy) is 1. The smallest absolute Gasteiger partial charge is 0.270 e. The molecule has 28 heavy (non-hydrogen) atoms. The zero-order valence-electron chi connectivity index (χ0n) is 14.5. The van der Waals surface area contributed by atoms with Crippen LogP contribution in [0.2, 0.25) is 0 Å². The average Bonchev–Trinajstić information content (AvgIpc) is 2.96. The second-order valence-electron chi connectivity index (χ2n) is 5.98. The van der Waals surface area contributed by atoms with Crippen molar-refractivity contribution in [3.8, 4) is 11.5 Å². The van der Waals surface area contributed by atoms with Gasteiger partial charge in [-0.3, -0.25) is 9.69 Å². The third-order valence-electron chi connectivity index (χ3n) is 3.99. The van der Waals surface area contributed by atoms with Crippen molar-refractivity contribution in [1.29, 1.82) is 0 Å². The number of hydrogen-bond acceptors (Lipinski definition) is 4. The van der Waals surface area contributed by atoms with Crippen LogP contribution < -0.4 is 9.64 Å². The predicted molar refractivity (Wildman–Crippen MR) is 123 cm³/mol. The normalized spacial score (nSPS) is 15.3. The highest BCUT2D eigenvalue weighted by Crippen LogP contribution is 2.37. The molecule has 3 aromatic rings. The van der Waals surface area contributed by atoms with E-state index >= 15 is 0 Å². The first-order valence-electron chi connectivity index (χ1n) is 8.47. The minimum absolute atomic E-state index is 0.123. The van der Waals surface area contributed by atoms with Crippen molar-refractivity contribution in [2.45, 2.75) is 0 Å². The zero-order valence-corrected chi connectivity index (χ0v) is 17.8. The van der Waals surface area contributed by atoms with E-state index in [1.165, 1.54) is 11.8 Å². The van der Waals surface area contributed by atoms with E-state index in [2.05, 4.69) is 15.9 Å². The SMILES string of the molecule is O=C1/C(=C\c2cccc(Oc3ccccc3)c2)SC(=S)N1c1cccc(Br)c1. The van der Waals surface area contributed by atoms with Crippen LogP contribution in [-0.2, 0) is 4.79 Å². The van der Waals surface area contributed by atoms with Crippen LogP contribution in [0.25, 0.3) is 6.08 Å². The van der Waals surface area contributed by atoms with Crippen LogP contribution in [0, 0.1) is 0 Å². The van der Waals surface area contributed by atoms with Gasteiger partial charge >= 0.3 is 0 Å². The summed E-state index contributed by atoms with van der Waals surface area (Å²) in [6.45, 7) is 0. The van der Waals surface area contributed by atoms with Crippen LogP contribution >= 0.6 is 39.9 Å². The number of para-hydroxylation sites is 1. The molecule has 0 aromatic heterocycles. The van der Waals surface area contributed by atoms with Gasteiger partial charge in [0.25, 0.3) is 5.91 Å². The Morgan fingerprint density at radius 2 is 1.68 bits per heavy atom. The number of nitrogens with zero attached hydrogens (tertiary/aromatic N) is 1. The van der Waals surface area contributed by atoms with E-state index in [0.717, 1.165) is 21.5 Å². The molecule has 3 aromatic carbocycles. The van der Waals surface area contributed by atoms with Gasteiger partial charge in [-0.1, -0.05) is 76.3 Å². The lowest BCUT2D eigenvalue weighted by atomic mass is 10.2. The van der Waals surface area contributed by atoms with Gasteiger partial charge in [0.05, 0.1) is 10.6 Å². The van der Waals surface area contributed by atoms with Crippen molar-refractivity contribution in [3.05, 3.63) is 93.8 Å². The molecule has 1 aliphatic rings. The molecule has 1 heterocycles. The molecule has 3 nitrogen and oxygen atoms in total. The second-order valence-corrected chi connectivity index (χ2v) is 8.58. The van der Waals surface area contributed by atoms with Gasteiger partial charge in [-0.25, -0.2) is 0 Å². The van der Waals surface area contributed by atoms with Crippen LogP contribution in [0.15, 0.2) is 88.2 Å². The Labute approximate surface area is 181 Å². The van der Waals surface area contributed by atoms with Gasteiger partial charge in [0.1, 0.15) is 11.5 Å². The third kappa shape index (κ3) is 4.19. The highest BCUT2D eigenvalue weighted by molar-refractivity contribution is 9.10. The van der Waals surface area contributed by atoms with E-state index < -0.39 is 0 Å². The summed E-state index contributed by atoms with van der Waals surface area (Å²) in [6.07, 6.45) is 1.84. The van der Waals surface area contributed by atoms with Gasteiger partial charge in [0.15, 0.2) is 4.32 Å². The number of hydrogen-bond donors (Lipinski definition) is 0. The molecule has 138 valence electrons. The van der Waals surface area contributed by atoms with Gasteiger partial charge in [0, 0.05) is 4.47 Å². The fourth-order valence-electron chi connectivity index (χ4n) is 2.75. The quantitative estimate of drug-likeness (QED) is 0.317. The minimum atomic E-state index is -0.123. The average molecular weight is 468 g/mol. The number of carbonyl (C=O) groups excluding carboxylic acids is 1. The first-order chi connectivity index (χ1) is 13.6. The van der Waals surface area contributed by atoms with Crippen molar-refractivity contribution >= 4 is 61.9 Å². The molecule has 0 atom stereocenters. The lowest BCUT2D eigenvalue weighted by Gasteiger charge is -2.14. The van der Waals surface area contributed by atoms with E-state index in [1.807, 2.05) is 84.9 Å². The molecule has 0 N–H and O–H groups in total. The Morgan fingerprint density at radius 1 is 0.929 bits per heavy atom. The molecular weight excluding hydrogens is 454 g/mol. The molecule has 1 saturated heterocycles. The summed E-state index contributed by atoms with van der Waals surface area (Å²) in [5.41, 5.74) is 1.63. The highest BCUT2D eigenvalue weighted by Gasteiger charge is 2.33. The molecule has 0 spiro atoms. The maximum Gasteiger partial charge on any atom is 0.270 e. The molecule has 0 unspecified atom stereocenters. The fourth-order valence-corrected chi connectivity index (χ4v) is 4.44. The summed E-state index contributed by atoms with van der Waals surface area (Å²) in [7, 11) is 0. The largest absolute Gasteiger partial charge is 0.457 e. The van der Waals surface area contributed by atoms with E-state index in [4.69, 9.17) is 17.0 Å². The Kier molecular flexibility index (Phi) is 5.62. The maximum atomic E-state index is 12.9. The summed E-state index contributed by atoms with van der Waals surface area (Å²) in [4.78, 5) is 15.1. The first kappa shape index (κ1) is 18.9. The number of rotatable bonds is 4. The van der Waals surface area contributed by atoms with Crippen LogP contribution in [0.5, 0.6) is 11.5 Å². The van der Waals surface area contributed by atoms with Crippen molar-refractivity contribution < 1.29 is 9.53 Å². The standard InChI is InChI=1S/C22H14BrNO2S2/c23-16-7-5-8-17(14-16)24-21(25)20(28-22(24)27)13-15-6-4-11-19(12-15)26-18-9-2-1-3-10-18/h1-14H/b20-13+. The number of thioether (sulfide) groups is 1. The zero-order chi connectivity index (χ0) is 19.5. The highest BCUT2D eigenvalue weighted by atomic mass is 79.9. The molecule has 0 saturated carbocycles. The minimum Gasteiger partial charge on any atom is -0.457 e. The van der Waals surface area contributed by atoms with Crippen molar-refractivity contribution in [3.63, 3.8) is 0 Å². The molecule has 6 heteroatoms. The van der Waals surface area contributed by atoms with Crippen LogP contribution in [0.3, 0.4) is 0 Å². The first-order valence-corrected chi connectivity index (χ1v) is 10.5. The lowest BCUT2D eigenvalue weighted by molar-refractivity contribution is -0.113. The molecule has 1 fully saturated rings. The number of carbonyl (C=O) groups is 1. The molecule has 1 amide bonds. The lowest BCUT2D eigenvalue weighted by Crippen LogP contribution is -2.27. The summed E-state index contributed by atoms with van der Waals surface area (Å²) in [5.74, 6) is 1.35. The van der Waals surface area contributed by atoms with Crippen LogP contribution in [0.4, 0.5) is 5.69 Å². The number of thiocarbonyl (C=S) groups is 1. The fraction of sp³-hybridized carbons (Fsp3) is 0. The van der Waals surface area contributed by atoms with Gasteiger partial charge < -0.3 is 4.74 Å². The monoisotopic (exact) mass is 467 g/mol. The molecule has 0 radical (unpaired) electrons. The molecular formula is C22H14BrNO2S2. The van der Waals surface area contributed by atoms with Crippen molar-refractivity contribution in [2.75, 3.05) is 4.90 Å². The van der Waals surface area contributed by atoms with Crippen LogP contribution in [0.1, 0.15) is 5.56 Å². The van der Waals surface area contributed by atoms with Gasteiger partial charge in [-0.15, -0.1) is 0 Å². The maximum absolute atomic E-state index is 12.9. The Bertz CT molecular complexity index is 1080. The van der Waals surface area contributed by atoms with Gasteiger partial charge in [-0.05, 0) is 54.1 Å². The molecule has 4 rings (SSSR count). The van der Waals surface area contributed by atoms with E-state index in [-0.39, 0.29) is 5.91 Å². The van der Waals surface area contributed by atoms with Crippen LogP contribution in [-0.4, -0.2) is 10.2 Å². The summed E-state index contributed by atoms with van der Waals surface area (Å²) >= 11 is 10.2. The summed E-state index contributed by atoms with van der Waals surface area (Å²) in [5, 5.41) is 0. The Morgan fingerprint density at radius 3 is 2.46 bits per heavy atom. The molecule has 0 aliphatic carbocycles. The number of amides is 1. The summed E-state index contributed by atoms with van der Waals surface area (Å²) < 4.78 is 7.29. The number of benzene rings is 3. The third-order valence-corrected chi connectivity index (χ3v) is 5.79. The number of anilines is 1. The van der Waals surface area contributed by atoms with Crippen molar-refractivity contribution in [1.82, 2.24) is 0 Å². The Hall–Kier alpha value is -2.41. The van der Waals surface area contributed by atoms with Gasteiger partial charge in [0.2, 0.25) is 0 Å². The molecule has 1 aliphatic heterocycles. The second kappa shape index (κ2) is 8.31. The van der Waals surface area contributed by atoms with E-state index in [0.29, 0.717) is 15.0 Å².